The molecular weight excluding hydrogens is 426 g/mol. The summed E-state index contributed by atoms with van der Waals surface area (Å²) in [6.07, 6.45) is 2.20. The number of nitrogens with zero attached hydrogens (tertiary/aromatic N) is 2. The Hall–Kier alpha value is -3.34. The molecule has 0 saturated heterocycles. The van der Waals surface area contributed by atoms with Crippen molar-refractivity contribution < 1.29 is 27.6 Å². The van der Waals surface area contributed by atoms with Crippen LogP contribution in [0.4, 0.5) is 11.4 Å². The molecule has 0 spiro atoms. The molecule has 0 unspecified atom stereocenters. The maximum atomic E-state index is 12.4. The minimum Gasteiger partial charge on any atom is -0.496 e. The quantitative estimate of drug-likeness (QED) is 0.315. The predicted molar refractivity (Wildman–Crippen MR) is 116 cm³/mol. The molecule has 11 heteroatoms. The van der Waals surface area contributed by atoms with E-state index in [-0.39, 0.29) is 17.1 Å². The van der Waals surface area contributed by atoms with Gasteiger partial charge in [-0.05, 0) is 30.5 Å². The van der Waals surface area contributed by atoms with Gasteiger partial charge in [-0.25, -0.2) is 8.42 Å². The molecule has 31 heavy (non-hydrogen) atoms. The molecule has 1 N–H and O–H groups in total. The third-order valence-electron chi connectivity index (χ3n) is 4.47. The van der Waals surface area contributed by atoms with Crippen molar-refractivity contribution in [3.8, 4) is 11.5 Å². The number of hydrogen-bond acceptors (Lipinski definition) is 7. The molecule has 0 fully saturated rings. The monoisotopic (exact) mass is 451 g/mol. The lowest BCUT2D eigenvalue weighted by atomic mass is 10.1. The standard InChI is InChI=1S/C20H25N3O7S/c1-29-18-9-5-4-7-15(18)8-6-12-21-20(24)14-22(31(3,27)28)17-13-16(23(25)26)10-11-19(17)30-2/h4-5,7,9-11,13H,6,8,12,14H2,1-3H3,(H,21,24). The number of para-hydroxylation sites is 1. The highest BCUT2D eigenvalue weighted by molar-refractivity contribution is 7.92. The van der Waals surface area contributed by atoms with Crippen molar-refractivity contribution in [3.63, 3.8) is 0 Å². The molecule has 10 nitrogen and oxygen atoms in total. The van der Waals surface area contributed by atoms with Gasteiger partial charge in [-0.15, -0.1) is 0 Å². The molecule has 0 heterocycles. The van der Waals surface area contributed by atoms with E-state index in [1.165, 1.54) is 19.2 Å². The second-order valence-corrected chi connectivity index (χ2v) is 8.56. The summed E-state index contributed by atoms with van der Waals surface area (Å²) in [5, 5.41) is 13.8. The van der Waals surface area contributed by atoms with E-state index in [0.29, 0.717) is 19.4 Å². The first-order valence-corrected chi connectivity index (χ1v) is 11.2. The first kappa shape index (κ1) is 23.9. The Morgan fingerprint density at radius 1 is 1.13 bits per heavy atom. The van der Waals surface area contributed by atoms with Crippen molar-refractivity contribution in [2.45, 2.75) is 12.8 Å². The zero-order valence-electron chi connectivity index (χ0n) is 17.5. The highest BCUT2D eigenvalue weighted by Crippen LogP contribution is 2.33. The van der Waals surface area contributed by atoms with Gasteiger partial charge in [-0.3, -0.25) is 19.2 Å². The Labute approximate surface area is 181 Å². The largest absolute Gasteiger partial charge is 0.496 e. The first-order valence-electron chi connectivity index (χ1n) is 9.36. The lowest BCUT2D eigenvalue weighted by Crippen LogP contribution is -2.40. The van der Waals surface area contributed by atoms with Crippen LogP contribution in [0.2, 0.25) is 0 Å². The minimum absolute atomic E-state index is 0.0802. The number of anilines is 1. The number of non-ortho nitro benzene ring substituents is 1. The van der Waals surface area contributed by atoms with Gasteiger partial charge in [-0.1, -0.05) is 18.2 Å². The van der Waals surface area contributed by atoms with Gasteiger partial charge in [0, 0.05) is 18.7 Å². The van der Waals surface area contributed by atoms with E-state index < -0.39 is 27.4 Å². The van der Waals surface area contributed by atoms with Crippen LogP contribution in [-0.2, 0) is 21.2 Å². The lowest BCUT2D eigenvalue weighted by Gasteiger charge is -2.23. The van der Waals surface area contributed by atoms with Crippen LogP contribution >= 0.6 is 0 Å². The van der Waals surface area contributed by atoms with Crippen molar-refractivity contribution in [2.75, 3.05) is 37.9 Å². The molecule has 0 aliphatic heterocycles. The number of nitrogens with one attached hydrogen (secondary N) is 1. The molecule has 1 amide bonds. The van der Waals surface area contributed by atoms with Gasteiger partial charge in [0.15, 0.2) is 0 Å². The maximum absolute atomic E-state index is 12.4. The molecule has 0 aliphatic carbocycles. The van der Waals surface area contributed by atoms with Crippen LogP contribution in [0.5, 0.6) is 11.5 Å². The summed E-state index contributed by atoms with van der Waals surface area (Å²) in [5.41, 5.74) is 0.600. The second kappa shape index (κ2) is 10.6. The third-order valence-corrected chi connectivity index (χ3v) is 5.59. The summed E-state index contributed by atoms with van der Waals surface area (Å²) in [6, 6.07) is 11.1. The number of sulfonamides is 1. The third kappa shape index (κ3) is 6.57. The highest BCUT2D eigenvalue weighted by atomic mass is 32.2. The van der Waals surface area contributed by atoms with E-state index in [0.717, 1.165) is 27.9 Å². The summed E-state index contributed by atoms with van der Waals surface area (Å²) in [5.74, 6) is 0.314. The molecule has 168 valence electrons. The fourth-order valence-electron chi connectivity index (χ4n) is 2.97. The van der Waals surface area contributed by atoms with Gasteiger partial charge < -0.3 is 14.8 Å². The minimum atomic E-state index is -3.92. The van der Waals surface area contributed by atoms with Gasteiger partial charge in [0.05, 0.1) is 25.4 Å². The fourth-order valence-corrected chi connectivity index (χ4v) is 3.82. The van der Waals surface area contributed by atoms with Crippen LogP contribution in [0, 0.1) is 10.1 Å². The zero-order valence-corrected chi connectivity index (χ0v) is 18.3. The van der Waals surface area contributed by atoms with Gasteiger partial charge in [0.1, 0.15) is 23.7 Å². The van der Waals surface area contributed by atoms with Crippen molar-refractivity contribution in [3.05, 3.63) is 58.1 Å². The molecule has 2 rings (SSSR count). The number of carbonyl (C=O) groups is 1. The van der Waals surface area contributed by atoms with Crippen molar-refractivity contribution in [2.24, 2.45) is 0 Å². The van der Waals surface area contributed by atoms with E-state index in [1.807, 2.05) is 24.3 Å². The summed E-state index contributed by atoms with van der Waals surface area (Å²) >= 11 is 0. The van der Waals surface area contributed by atoms with Crippen LogP contribution in [-0.4, -0.2) is 52.8 Å². The molecule has 2 aromatic carbocycles. The van der Waals surface area contributed by atoms with Crippen LogP contribution in [0.1, 0.15) is 12.0 Å². The van der Waals surface area contributed by atoms with E-state index in [1.54, 1.807) is 7.11 Å². The van der Waals surface area contributed by atoms with Gasteiger partial charge in [-0.2, -0.15) is 0 Å². The van der Waals surface area contributed by atoms with Crippen molar-refractivity contribution in [1.29, 1.82) is 0 Å². The number of ether oxygens (including phenoxy) is 2. The van der Waals surface area contributed by atoms with Gasteiger partial charge in [0.25, 0.3) is 5.69 Å². The summed E-state index contributed by atoms with van der Waals surface area (Å²) in [6.45, 7) is -0.217. The first-order chi connectivity index (χ1) is 14.7. The average Bonchev–Trinajstić information content (AvgIpc) is 2.74. The molecule has 0 atom stereocenters. The number of nitro groups is 1. The Kier molecular flexibility index (Phi) is 8.20. The molecule has 0 radical (unpaired) electrons. The summed E-state index contributed by atoms with van der Waals surface area (Å²) < 4.78 is 35.8. The molecule has 0 bridgehead atoms. The Bertz CT molecular complexity index is 1040. The van der Waals surface area contributed by atoms with Crippen LogP contribution in [0.25, 0.3) is 0 Å². The van der Waals surface area contributed by atoms with Gasteiger partial charge in [0.2, 0.25) is 15.9 Å². The predicted octanol–water partition coefficient (Wildman–Crippen LogP) is 2.13. The number of benzene rings is 2. The molecule has 0 aromatic heterocycles. The van der Waals surface area contributed by atoms with E-state index in [9.17, 15) is 23.3 Å². The number of methoxy groups -OCH3 is 2. The van der Waals surface area contributed by atoms with Crippen molar-refractivity contribution >= 4 is 27.3 Å². The number of hydrogen-bond donors (Lipinski definition) is 1. The smallest absolute Gasteiger partial charge is 0.271 e. The SMILES string of the molecule is COc1ccccc1CCCNC(=O)CN(c1cc([N+](=O)[O-])ccc1OC)S(C)(=O)=O. The summed E-state index contributed by atoms with van der Waals surface area (Å²) in [4.78, 5) is 22.9. The van der Waals surface area contributed by atoms with Crippen LogP contribution < -0.4 is 19.1 Å². The zero-order chi connectivity index (χ0) is 23.0. The van der Waals surface area contributed by atoms with Gasteiger partial charge >= 0.3 is 0 Å². The molecule has 0 aliphatic rings. The van der Waals surface area contributed by atoms with E-state index in [2.05, 4.69) is 5.32 Å². The van der Waals surface area contributed by atoms with E-state index in [4.69, 9.17) is 9.47 Å². The van der Waals surface area contributed by atoms with Crippen LogP contribution in [0.15, 0.2) is 42.5 Å². The highest BCUT2D eigenvalue weighted by Gasteiger charge is 2.26. The van der Waals surface area contributed by atoms with Crippen molar-refractivity contribution in [1.82, 2.24) is 5.32 Å². The van der Waals surface area contributed by atoms with Crippen LogP contribution in [0.3, 0.4) is 0 Å². The molecule has 0 saturated carbocycles. The number of carbonyl (C=O) groups excluding carboxylic acids is 1. The number of nitro benzene ring substituents is 1. The second-order valence-electron chi connectivity index (χ2n) is 6.65. The van der Waals surface area contributed by atoms with E-state index >= 15 is 0 Å². The Morgan fingerprint density at radius 2 is 1.81 bits per heavy atom. The topological polar surface area (TPSA) is 128 Å². The fraction of sp³-hybridized carbons (Fsp3) is 0.350. The molecular formula is C20H25N3O7S. The lowest BCUT2D eigenvalue weighted by molar-refractivity contribution is -0.384. The Morgan fingerprint density at radius 3 is 2.42 bits per heavy atom. The maximum Gasteiger partial charge on any atom is 0.271 e. The average molecular weight is 452 g/mol. The number of aryl methyl sites for hydroxylation is 1. The Balaban J connectivity index is 2.07. The normalized spacial score (nSPS) is 10.9. The molecule has 2 aromatic rings. The number of amides is 1. The number of rotatable bonds is 11. The summed E-state index contributed by atoms with van der Waals surface area (Å²) in [7, 11) is -1.02.